The van der Waals surface area contributed by atoms with Gasteiger partial charge in [0.1, 0.15) is 0 Å². The van der Waals surface area contributed by atoms with Crippen LogP contribution in [0.15, 0.2) is 34.9 Å². The van der Waals surface area contributed by atoms with Crippen molar-refractivity contribution in [3.8, 4) is 0 Å². The number of aromatic nitrogens is 2. The van der Waals surface area contributed by atoms with Crippen LogP contribution in [0.5, 0.6) is 0 Å². The van der Waals surface area contributed by atoms with Crippen LogP contribution in [0, 0.1) is 0 Å². The molecule has 0 saturated carbocycles. The number of benzene rings is 1. The molecular weight excluding hydrogens is 230 g/mol. The fourth-order valence-corrected chi connectivity index (χ4v) is 2.16. The highest BCUT2D eigenvalue weighted by molar-refractivity contribution is 5.18. The summed E-state index contributed by atoms with van der Waals surface area (Å²) in [6, 6.07) is 10.0. The van der Waals surface area contributed by atoms with Gasteiger partial charge in [0, 0.05) is 13.0 Å². The Bertz CT molecular complexity index is 512. The van der Waals surface area contributed by atoms with Crippen molar-refractivity contribution in [3.63, 3.8) is 0 Å². The predicted octanol–water partition coefficient (Wildman–Crippen LogP) is 1.06. The average Bonchev–Trinajstić information content (AvgIpc) is 2.99. The zero-order valence-electron chi connectivity index (χ0n) is 9.91. The molecule has 0 spiro atoms. The van der Waals surface area contributed by atoms with Gasteiger partial charge in [-0.3, -0.25) is 0 Å². The molecule has 2 N–H and O–H groups in total. The quantitative estimate of drug-likeness (QED) is 0.846. The van der Waals surface area contributed by atoms with E-state index < -0.39 is 0 Å². The Balaban J connectivity index is 1.70. The van der Waals surface area contributed by atoms with Crippen LogP contribution >= 0.6 is 0 Å². The summed E-state index contributed by atoms with van der Waals surface area (Å²) in [6.45, 7) is 0.584. The molecule has 2 aromatic rings. The molecule has 2 heterocycles. The maximum atomic E-state index is 9.45. The van der Waals surface area contributed by atoms with E-state index >= 15 is 0 Å². The standard InChI is InChI=1S/C13H15N3O2/c17-10-7-11(14-8-10)13-15-12(16-18-13)6-9-4-2-1-3-5-9/h1-5,10-11,14,17H,6-8H2/t10-,11+/m0/s1. The molecule has 1 aliphatic heterocycles. The SMILES string of the molecule is O[C@@H]1CN[C@@H](c2nc(Cc3ccccc3)no2)C1. The van der Waals surface area contributed by atoms with Gasteiger partial charge >= 0.3 is 0 Å². The lowest BCUT2D eigenvalue weighted by Crippen LogP contribution is -2.15. The summed E-state index contributed by atoms with van der Waals surface area (Å²) in [4.78, 5) is 4.37. The first-order chi connectivity index (χ1) is 8.81. The lowest BCUT2D eigenvalue weighted by molar-refractivity contribution is 0.191. The van der Waals surface area contributed by atoms with Crippen molar-refractivity contribution in [2.75, 3.05) is 6.54 Å². The fourth-order valence-electron chi connectivity index (χ4n) is 2.16. The Kier molecular flexibility index (Phi) is 3.08. The molecule has 1 fully saturated rings. The summed E-state index contributed by atoms with van der Waals surface area (Å²) in [5.41, 5.74) is 1.16. The second-order valence-corrected chi connectivity index (χ2v) is 4.56. The van der Waals surface area contributed by atoms with E-state index in [2.05, 4.69) is 15.5 Å². The Morgan fingerprint density at radius 3 is 2.89 bits per heavy atom. The Morgan fingerprint density at radius 2 is 2.17 bits per heavy atom. The first-order valence-electron chi connectivity index (χ1n) is 6.09. The highest BCUT2D eigenvalue weighted by Crippen LogP contribution is 2.22. The van der Waals surface area contributed by atoms with Crippen LogP contribution in [0.3, 0.4) is 0 Å². The average molecular weight is 245 g/mol. The summed E-state index contributed by atoms with van der Waals surface area (Å²) < 4.78 is 5.23. The molecule has 1 aliphatic rings. The van der Waals surface area contributed by atoms with Crippen molar-refractivity contribution in [2.24, 2.45) is 0 Å². The number of aliphatic hydroxyl groups is 1. The zero-order chi connectivity index (χ0) is 12.4. The summed E-state index contributed by atoms with van der Waals surface area (Å²) in [5.74, 6) is 1.25. The van der Waals surface area contributed by atoms with Gasteiger partial charge in [0.15, 0.2) is 5.82 Å². The second-order valence-electron chi connectivity index (χ2n) is 4.56. The third-order valence-corrected chi connectivity index (χ3v) is 3.09. The number of rotatable bonds is 3. The van der Waals surface area contributed by atoms with Gasteiger partial charge < -0.3 is 14.9 Å². The minimum Gasteiger partial charge on any atom is -0.392 e. The molecule has 5 heteroatoms. The van der Waals surface area contributed by atoms with Crippen LogP contribution in [0.4, 0.5) is 0 Å². The van der Waals surface area contributed by atoms with Crippen molar-refractivity contribution >= 4 is 0 Å². The van der Waals surface area contributed by atoms with Crippen LogP contribution in [0.1, 0.15) is 29.7 Å². The molecule has 0 unspecified atom stereocenters. The molecule has 94 valence electrons. The van der Waals surface area contributed by atoms with E-state index in [0.29, 0.717) is 31.1 Å². The van der Waals surface area contributed by atoms with Gasteiger partial charge in [-0.2, -0.15) is 4.98 Å². The molecule has 0 aliphatic carbocycles. The summed E-state index contributed by atoms with van der Waals surface area (Å²) in [6.07, 6.45) is 0.978. The maximum absolute atomic E-state index is 9.45. The van der Waals surface area contributed by atoms with E-state index in [1.54, 1.807) is 0 Å². The molecular formula is C13H15N3O2. The van der Waals surface area contributed by atoms with Crippen molar-refractivity contribution in [3.05, 3.63) is 47.6 Å². The maximum Gasteiger partial charge on any atom is 0.243 e. The third-order valence-electron chi connectivity index (χ3n) is 3.09. The first kappa shape index (κ1) is 11.4. The normalized spacial score (nSPS) is 23.4. The Hall–Kier alpha value is -1.72. The van der Waals surface area contributed by atoms with Gasteiger partial charge in [-0.25, -0.2) is 0 Å². The largest absolute Gasteiger partial charge is 0.392 e. The van der Waals surface area contributed by atoms with Crippen LogP contribution in [-0.4, -0.2) is 27.9 Å². The number of hydrogen-bond acceptors (Lipinski definition) is 5. The highest BCUT2D eigenvalue weighted by Gasteiger charge is 2.27. The second kappa shape index (κ2) is 4.88. The van der Waals surface area contributed by atoms with E-state index in [4.69, 9.17) is 4.52 Å². The van der Waals surface area contributed by atoms with E-state index in [0.717, 1.165) is 5.56 Å². The molecule has 5 nitrogen and oxygen atoms in total. The lowest BCUT2D eigenvalue weighted by atomic mass is 10.1. The van der Waals surface area contributed by atoms with E-state index in [1.807, 2.05) is 30.3 Å². The Labute approximate surface area is 105 Å². The van der Waals surface area contributed by atoms with Crippen molar-refractivity contribution in [1.29, 1.82) is 0 Å². The van der Waals surface area contributed by atoms with Gasteiger partial charge in [0.25, 0.3) is 0 Å². The first-order valence-corrected chi connectivity index (χ1v) is 6.09. The predicted molar refractivity (Wildman–Crippen MR) is 64.9 cm³/mol. The molecule has 2 atom stereocenters. The molecule has 0 amide bonds. The molecule has 1 aromatic carbocycles. The minimum absolute atomic E-state index is 0.0166. The lowest BCUT2D eigenvalue weighted by Gasteiger charge is -2.01. The van der Waals surface area contributed by atoms with Gasteiger partial charge in [-0.15, -0.1) is 0 Å². The van der Waals surface area contributed by atoms with Crippen LogP contribution in [0.25, 0.3) is 0 Å². The highest BCUT2D eigenvalue weighted by atomic mass is 16.5. The van der Waals surface area contributed by atoms with Crippen molar-refractivity contribution < 1.29 is 9.63 Å². The molecule has 1 saturated heterocycles. The monoisotopic (exact) mass is 245 g/mol. The van der Waals surface area contributed by atoms with E-state index in [9.17, 15) is 5.11 Å². The van der Waals surface area contributed by atoms with Gasteiger partial charge in [-0.1, -0.05) is 35.5 Å². The number of nitrogens with one attached hydrogen (secondary N) is 1. The smallest absolute Gasteiger partial charge is 0.243 e. The molecule has 0 bridgehead atoms. The summed E-state index contributed by atoms with van der Waals surface area (Å²) >= 11 is 0. The number of nitrogens with zero attached hydrogens (tertiary/aromatic N) is 2. The summed E-state index contributed by atoms with van der Waals surface area (Å²) in [5, 5.41) is 16.6. The number of β-amino-alcohol motifs (C(OH)–C–C–N with tert-alkyl or cyclic N) is 1. The molecule has 0 radical (unpaired) electrons. The van der Waals surface area contributed by atoms with E-state index in [-0.39, 0.29) is 12.1 Å². The summed E-state index contributed by atoms with van der Waals surface area (Å²) in [7, 11) is 0. The van der Waals surface area contributed by atoms with Crippen molar-refractivity contribution in [2.45, 2.75) is 25.0 Å². The van der Waals surface area contributed by atoms with Gasteiger partial charge in [0.05, 0.1) is 12.1 Å². The van der Waals surface area contributed by atoms with Gasteiger partial charge in [0.2, 0.25) is 5.89 Å². The number of aliphatic hydroxyl groups excluding tert-OH is 1. The van der Waals surface area contributed by atoms with Crippen molar-refractivity contribution in [1.82, 2.24) is 15.5 Å². The topological polar surface area (TPSA) is 71.2 Å². The molecule has 3 rings (SSSR count). The van der Waals surface area contributed by atoms with Crippen LogP contribution in [0.2, 0.25) is 0 Å². The number of hydrogen-bond donors (Lipinski definition) is 2. The molecule has 18 heavy (non-hydrogen) atoms. The fraction of sp³-hybridized carbons (Fsp3) is 0.385. The third kappa shape index (κ3) is 2.42. The minimum atomic E-state index is -0.320. The van der Waals surface area contributed by atoms with E-state index in [1.165, 1.54) is 0 Å². The Morgan fingerprint density at radius 1 is 1.33 bits per heavy atom. The molecule has 1 aromatic heterocycles. The van der Waals surface area contributed by atoms with Crippen LogP contribution < -0.4 is 5.32 Å². The zero-order valence-corrected chi connectivity index (χ0v) is 9.91. The van der Waals surface area contributed by atoms with Gasteiger partial charge in [-0.05, 0) is 12.0 Å². The van der Waals surface area contributed by atoms with Crippen LogP contribution in [-0.2, 0) is 6.42 Å².